The van der Waals surface area contributed by atoms with Gasteiger partial charge < -0.3 is 29.7 Å². The van der Waals surface area contributed by atoms with Gasteiger partial charge in [0, 0.05) is 27.6 Å². The van der Waals surface area contributed by atoms with Crippen LogP contribution in [0.4, 0.5) is 15.5 Å². The molecule has 3 amide bonds. The van der Waals surface area contributed by atoms with Crippen LogP contribution in [0.1, 0.15) is 47.1 Å². The lowest BCUT2D eigenvalue weighted by molar-refractivity contribution is -0.113. The molecule has 42 heavy (non-hydrogen) atoms. The molecule has 0 spiro atoms. The van der Waals surface area contributed by atoms with Crippen LogP contribution in [0.3, 0.4) is 0 Å². The van der Waals surface area contributed by atoms with Crippen molar-refractivity contribution in [3.8, 4) is 17.6 Å². The van der Waals surface area contributed by atoms with Gasteiger partial charge in [-0.3, -0.25) is 9.59 Å². The smallest absolute Gasteiger partial charge is 0.410 e. The molecule has 0 unspecified atom stereocenters. The van der Waals surface area contributed by atoms with Crippen molar-refractivity contribution in [3.63, 3.8) is 0 Å². The second-order valence-electron chi connectivity index (χ2n) is 10.4. The van der Waals surface area contributed by atoms with E-state index in [9.17, 15) is 19.6 Å². The van der Waals surface area contributed by atoms with Crippen molar-refractivity contribution in [2.24, 2.45) is 0 Å². The topological polar surface area (TPSA) is 130 Å². The Morgan fingerprint density at radius 3 is 2.52 bits per heavy atom. The third-order valence-corrected chi connectivity index (χ3v) is 8.31. The number of thioether (sulfide) groups is 1. The maximum absolute atomic E-state index is 12.8. The van der Waals surface area contributed by atoms with Crippen molar-refractivity contribution in [1.29, 1.82) is 5.26 Å². The van der Waals surface area contributed by atoms with Crippen molar-refractivity contribution in [2.45, 2.75) is 44.2 Å². The molecule has 2 heterocycles. The Morgan fingerprint density at radius 2 is 1.83 bits per heavy atom. The molecule has 3 aromatic rings. The van der Waals surface area contributed by atoms with Crippen molar-refractivity contribution in [1.82, 2.24) is 4.90 Å². The minimum Gasteiger partial charge on any atom is -0.493 e. The third kappa shape index (κ3) is 7.54. The number of ether oxygens (including phenoxy) is 3. The van der Waals surface area contributed by atoms with Crippen molar-refractivity contribution < 1.29 is 28.6 Å². The van der Waals surface area contributed by atoms with E-state index >= 15 is 0 Å². The van der Waals surface area contributed by atoms with Gasteiger partial charge in [-0.2, -0.15) is 5.26 Å². The lowest BCUT2D eigenvalue weighted by atomic mass is 10.0. The standard InChI is InChI=1S/C30H32N4O6S2/c1-30(2,3)40-29(37)34-12-11-21-22(15-31)28(42-25(21)16-34)33-26(35)17-41-20-8-6-7-19(14-20)32-27(36)18-9-10-23(38-4)24(13-18)39-5/h6-10,13-14H,11-12,16-17H2,1-5H3,(H,32,36)(H,33,35). The molecule has 220 valence electrons. The molecule has 0 saturated carbocycles. The molecule has 0 aliphatic carbocycles. The van der Waals surface area contributed by atoms with Gasteiger partial charge >= 0.3 is 6.09 Å². The first-order valence-corrected chi connectivity index (χ1v) is 14.9. The van der Waals surface area contributed by atoms with Crippen molar-refractivity contribution in [3.05, 3.63) is 64.0 Å². The second-order valence-corrected chi connectivity index (χ2v) is 12.5. The Hall–Kier alpha value is -4.21. The zero-order valence-corrected chi connectivity index (χ0v) is 25.7. The van der Waals surface area contributed by atoms with Crippen LogP contribution in [-0.2, 0) is 22.5 Å². The van der Waals surface area contributed by atoms with Crippen molar-refractivity contribution >= 4 is 51.7 Å². The first-order valence-electron chi connectivity index (χ1n) is 13.1. The van der Waals surface area contributed by atoms with Gasteiger partial charge in [-0.1, -0.05) is 6.07 Å². The number of methoxy groups -OCH3 is 2. The number of amides is 3. The summed E-state index contributed by atoms with van der Waals surface area (Å²) in [4.78, 5) is 41.4. The van der Waals surface area contributed by atoms with Gasteiger partial charge in [0.05, 0.1) is 32.1 Å². The summed E-state index contributed by atoms with van der Waals surface area (Å²) in [6.07, 6.45) is 0.115. The summed E-state index contributed by atoms with van der Waals surface area (Å²) in [5, 5.41) is 16.0. The molecular formula is C30H32N4O6S2. The van der Waals surface area contributed by atoms with E-state index in [4.69, 9.17) is 14.2 Å². The first-order chi connectivity index (χ1) is 20.0. The number of rotatable bonds is 8. The average Bonchev–Trinajstić information content (AvgIpc) is 3.30. The fraction of sp³-hybridized carbons (Fsp3) is 0.333. The van der Waals surface area contributed by atoms with E-state index in [0.717, 1.165) is 15.3 Å². The van der Waals surface area contributed by atoms with Gasteiger partial charge in [0.25, 0.3) is 5.91 Å². The highest BCUT2D eigenvalue weighted by Crippen LogP contribution is 2.37. The zero-order valence-electron chi connectivity index (χ0n) is 24.0. The number of carbonyl (C=O) groups is 3. The number of hydrogen-bond acceptors (Lipinski definition) is 9. The van der Waals surface area contributed by atoms with Crippen LogP contribution >= 0.6 is 23.1 Å². The van der Waals surface area contributed by atoms with E-state index in [1.807, 2.05) is 26.8 Å². The summed E-state index contributed by atoms with van der Waals surface area (Å²) >= 11 is 2.62. The normalized spacial score (nSPS) is 12.5. The maximum atomic E-state index is 12.8. The van der Waals surface area contributed by atoms with Crippen LogP contribution in [0.15, 0.2) is 47.4 Å². The fourth-order valence-corrected chi connectivity index (χ4v) is 6.23. The highest BCUT2D eigenvalue weighted by atomic mass is 32.2. The summed E-state index contributed by atoms with van der Waals surface area (Å²) in [6.45, 7) is 6.22. The molecule has 0 fully saturated rings. The molecular weight excluding hydrogens is 576 g/mol. The number of nitriles is 1. The number of anilines is 2. The van der Waals surface area contributed by atoms with Gasteiger partial charge in [-0.25, -0.2) is 4.79 Å². The van der Waals surface area contributed by atoms with Gasteiger partial charge in [-0.05, 0) is 69.2 Å². The van der Waals surface area contributed by atoms with Crippen LogP contribution in [0.2, 0.25) is 0 Å². The van der Waals surface area contributed by atoms with E-state index < -0.39 is 11.7 Å². The predicted molar refractivity (Wildman–Crippen MR) is 163 cm³/mol. The Labute approximate surface area is 252 Å². The van der Waals surface area contributed by atoms with Crippen LogP contribution in [0.5, 0.6) is 11.5 Å². The van der Waals surface area contributed by atoms with Crippen LogP contribution in [0.25, 0.3) is 0 Å². The van der Waals surface area contributed by atoms with E-state index in [-0.39, 0.29) is 17.6 Å². The molecule has 0 atom stereocenters. The molecule has 1 aliphatic heterocycles. The number of carbonyl (C=O) groups excluding carboxylic acids is 3. The summed E-state index contributed by atoms with van der Waals surface area (Å²) in [5.41, 5.74) is 1.69. The molecule has 12 heteroatoms. The highest BCUT2D eigenvalue weighted by molar-refractivity contribution is 8.00. The maximum Gasteiger partial charge on any atom is 0.410 e. The predicted octanol–water partition coefficient (Wildman–Crippen LogP) is 5.91. The van der Waals surface area contributed by atoms with E-state index in [1.54, 1.807) is 41.3 Å². The summed E-state index contributed by atoms with van der Waals surface area (Å²) < 4.78 is 16.0. The monoisotopic (exact) mass is 608 g/mol. The Kier molecular flexibility index (Phi) is 9.65. The third-order valence-electron chi connectivity index (χ3n) is 6.18. The largest absolute Gasteiger partial charge is 0.493 e. The molecule has 2 N–H and O–H groups in total. The van der Waals surface area contributed by atoms with Gasteiger partial charge in [0.2, 0.25) is 5.91 Å². The molecule has 0 bridgehead atoms. The summed E-state index contributed by atoms with van der Waals surface area (Å²) in [7, 11) is 3.03. The van der Waals surface area contributed by atoms with Gasteiger partial charge in [-0.15, -0.1) is 23.1 Å². The van der Waals surface area contributed by atoms with Gasteiger partial charge in [0.15, 0.2) is 11.5 Å². The minimum atomic E-state index is -0.600. The molecule has 1 aromatic heterocycles. The molecule has 2 aromatic carbocycles. The Bertz CT molecular complexity index is 1540. The summed E-state index contributed by atoms with van der Waals surface area (Å²) in [6, 6.07) is 14.3. The van der Waals surface area contributed by atoms with E-state index in [2.05, 4.69) is 16.7 Å². The number of nitrogens with one attached hydrogen (secondary N) is 2. The number of nitrogens with zero attached hydrogens (tertiary/aromatic N) is 2. The highest BCUT2D eigenvalue weighted by Gasteiger charge is 2.30. The second kappa shape index (κ2) is 13.2. The van der Waals surface area contributed by atoms with Crippen LogP contribution in [-0.4, -0.2) is 54.9 Å². The summed E-state index contributed by atoms with van der Waals surface area (Å²) in [5.74, 6) is 0.501. The number of thiophene rings is 1. The first kappa shape index (κ1) is 30.7. The molecule has 0 radical (unpaired) electrons. The molecule has 10 nitrogen and oxygen atoms in total. The van der Waals surface area contributed by atoms with Crippen LogP contribution in [0, 0.1) is 11.3 Å². The van der Waals surface area contributed by atoms with E-state index in [0.29, 0.717) is 52.8 Å². The van der Waals surface area contributed by atoms with Crippen LogP contribution < -0.4 is 20.1 Å². The number of benzene rings is 2. The minimum absolute atomic E-state index is 0.102. The SMILES string of the molecule is COc1ccc(C(=O)Nc2cccc(SCC(=O)Nc3sc4c(c3C#N)CCN(C(=O)OC(C)(C)C)C4)c2)cc1OC. The van der Waals surface area contributed by atoms with E-state index in [1.165, 1.54) is 37.3 Å². The lowest BCUT2D eigenvalue weighted by Crippen LogP contribution is -2.39. The lowest BCUT2D eigenvalue weighted by Gasteiger charge is -2.29. The quantitative estimate of drug-likeness (QED) is 0.302. The molecule has 4 rings (SSSR count). The fourth-order valence-electron chi connectivity index (χ4n) is 4.25. The Morgan fingerprint density at radius 1 is 1.07 bits per heavy atom. The number of fused-ring (bicyclic) bond motifs is 1. The van der Waals surface area contributed by atoms with Gasteiger partial charge in [0.1, 0.15) is 16.7 Å². The Balaban J connectivity index is 1.36. The zero-order chi connectivity index (χ0) is 30.4. The molecule has 1 aliphatic rings. The average molecular weight is 609 g/mol. The molecule has 0 saturated heterocycles. The van der Waals surface area contributed by atoms with Crippen molar-refractivity contribution in [2.75, 3.05) is 37.2 Å². The number of hydrogen-bond donors (Lipinski definition) is 2.